The highest BCUT2D eigenvalue weighted by Crippen LogP contribution is 2.37. The molecule has 1 saturated heterocycles. The quantitative estimate of drug-likeness (QED) is 0.537. The van der Waals surface area contributed by atoms with Crippen molar-refractivity contribution >= 4 is 46.0 Å². The maximum absolute atomic E-state index is 6.25. The molecular formula is C13H18ClIN2S. The Morgan fingerprint density at radius 3 is 2.78 bits per heavy atom. The van der Waals surface area contributed by atoms with E-state index in [-0.39, 0.29) is 0 Å². The van der Waals surface area contributed by atoms with Gasteiger partial charge in [-0.1, -0.05) is 31.9 Å². The molecule has 1 aliphatic rings. The smallest absolute Gasteiger partial charge is 0.146 e. The van der Waals surface area contributed by atoms with Crippen molar-refractivity contribution in [2.45, 2.75) is 44.8 Å². The fourth-order valence-corrected chi connectivity index (χ4v) is 3.99. The second-order valence-corrected chi connectivity index (χ2v) is 7.83. The van der Waals surface area contributed by atoms with Crippen LogP contribution in [0.3, 0.4) is 0 Å². The molecule has 0 aromatic carbocycles. The first-order chi connectivity index (χ1) is 8.58. The third-order valence-electron chi connectivity index (χ3n) is 2.97. The van der Waals surface area contributed by atoms with E-state index in [0.717, 1.165) is 21.5 Å². The molecule has 0 amide bonds. The second-order valence-electron chi connectivity index (χ2n) is 5.09. The van der Waals surface area contributed by atoms with Gasteiger partial charge in [-0.3, -0.25) is 0 Å². The number of halogens is 2. The van der Waals surface area contributed by atoms with Crippen molar-refractivity contribution in [1.29, 1.82) is 0 Å². The summed E-state index contributed by atoms with van der Waals surface area (Å²) in [5.41, 5.74) is 1.12. The van der Waals surface area contributed by atoms with Crippen LogP contribution in [0.2, 0.25) is 5.15 Å². The Hall–Kier alpha value is 0.450. The number of thioether (sulfide) groups is 1. The maximum Gasteiger partial charge on any atom is 0.146 e. The zero-order valence-electron chi connectivity index (χ0n) is 10.7. The molecule has 1 unspecified atom stereocenters. The molecule has 2 heterocycles. The van der Waals surface area contributed by atoms with Gasteiger partial charge < -0.3 is 0 Å². The lowest BCUT2D eigenvalue weighted by Crippen LogP contribution is -2.11. The molecule has 100 valence electrons. The zero-order valence-corrected chi connectivity index (χ0v) is 14.5. The minimum absolute atomic E-state index is 0.444. The summed E-state index contributed by atoms with van der Waals surface area (Å²) >= 11 is 10.5. The summed E-state index contributed by atoms with van der Waals surface area (Å²) in [6.07, 6.45) is 4.76. The first-order valence-electron chi connectivity index (χ1n) is 6.41. The molecular weight excluding hydrogens is 379 g/mol. The van der Waals surface area contributed by atoms with Gasteiger partial charge in [0, 0.05) is 0 Å². The summed E-state index contributed by atoms with van der Waals surface area (Å²) in [4.78, 5) is 9.26. The van der Waals surface area contributed by atoms with E-state index in [1.807, 2.05) is 11.8 Å². The summed E-state index contributed by atoms with van der Waals surface area (Å²) < 4.78 is 1.02. The van der Waals surface area contributed by atoms with Gasteiger partial charge in [-0.05, 0) is 53.5 Å². The molecule has 2 rings (SSSR count). The number of rotatable bonds is 3. The van der Waals surface area contributed by atoms with Gasteiger partial charge >= 0.3 is 0 Å². The number of hydrogen-bond donors (Lipinski definition) is 0. The van der Waals surface area contributed by atoms with E-state index in [1.165, 1.54) is 25.0 Å². The van der Waals surface area contributed by atoms with Crippen LogP contribution < -0.4 is 0 Å². The molecule has 1 aromatic heterocycles. The Bertz CT molecular complexity index is 420. The largest absolute Gasteiger partial charge is 0.236 e. The van der Waals surface area contributed by atoms with Gasteiger partial charge in [0.25, 0.3) is 0 Å². The first-order valence-corrected chi connectivity index (χ1v) is 8.92. The molecule has 0 spiro atoms. The summed E-state index contributed by atoms with van der Waals surface area (Å²) in [7, 11) is 0. The Labute approximate surface area is 132 Å². The van der Waals surface area contributed by atoms with Crippen molar-refractivity contribution in [1.82, 2.24) is 9.97 Å². The van der Waals surface area contributed by atoms with Crippen molar-refractivity contribution in [3.8, 4) is 0 Å². The van der Waals surface area contributed by atoms with Gasteiger partial charge in [0.2, 0.25) is 0 Å². The van der Waals surface area contributed by atoms with Crippen molar-refractivity contribution < 1.29 is 0 Å². The molecule has 5 heteroatoms. The Morgan fingerprint density at radius 2 is 2.17 bits per heavy atom. The van der Waals surface area contributed by atoms with Crippen molar-refractivity contribution in [3.05, 3.63) is 20.2 Å². The van der Waals surface area contributed by atoms with Crippen LogP contribution in [-0.2, 0) is 6.42 Å². The van der Waals surface area contributed by atoms with E-state index < -0.39 is 0 Å². The van der Waals surface area contributed by atoms with Gasteiger partial charge in [0.1, 0.15) is 11.0 Å². The van der Waals surface area contributed by atoms with Gasteiger partial charge in [0.15, 0.2) is 0 Å². The van der Waals surface area contributed by atoms with Gasteiger partial charge in [-0.15, -0.1) is 0 Å². The molecule has 1 fully saturated rings. The molecule has 0 radical (unpaired) electrons. The Kier molecular flexibility index (Phi) is 5.57. The van der Waals surface area contributed by atoms with Crippen molar-refractivity contribution in [2.75, 3.05) is 5.75 Å². The minimum atomic E-state index is 0.444. The number of hydrogen-bond acceptors (Lipinski definition) is 3. The molecule has 1 atom stereocenters. The average Bonchev–Trinajstić information content (AvgIpc) is 2.35. The highest BCUT2D eigenvalue weighted by Gasteiger charge is 2.21. The van der Waals surface area contributed by atoms with Crippen molar-refractivity contribution in [3.63, 3.8) is 0 Å². The SMILES string of the molecule is CC(C)Cc1nc(C2CCCCS2)nc(Cl)c1I. The molecule has 2 nitrogen and oxygen atoms in total. The van der Waals surface area contributed by atoms with E-state index in [4.69, 9.17) is 16.6 Å². The molecule has 1 aliphatic heterocycles. The summed E-state index contributed by atoms with van der Waals surface area (Å²) in [5.74, 6) is 2.76. The molecule has 18 heavy (non-hydrogen) atoms. The van der Waals surface area contributed by atoms with E-state index in [2.05, 4.69) is 41.4 Å². The lowest BCUT2D eigenvalue weighted by atomic mass is 10.1. The van der Waals surface area contributed by atoms with E-state index in [9.17, 15) is 0 Å². The van der Waals surface area contributed by atoms with Gasteiger partial charge in [-0.2, -0.15) is 11.8 Å². The minimum Gasteiger partial charge on any atom is -0.236 e. The van der Waals surface area contributed by atoms with Crippen LogP contribution in [0.4, 0.5) is 0 Å². The van der Waals surface area contributed by atoms with Crippen LogP contribution in [0.25, 0.3) is 0 Å². The van der Waals surface area contributed by atoms with E-state index >= 15 is 0 Å². The molecule has 0 saturated carbocycles. The summed E-state index contributed by atoms with van der Waals surface area (Å²) in [6.45, 7) is 4.42. The van der Waals surface area contributed by atoms with Crippen LogP contribution in [-0.4, -0.2) is 15.7 Å². The number of nitrogens with zero attached hydrogens (tertiary/aromatic N) is 2. The molecule has 0 N–H and O–H groups in total. The average molecular weight is 397 g/mol. The van der Waals surface area contributed by atoms with Crippen LogP contribution in [0.1, 0.15) is 49.9 Å². The van der Waals surface area contributed by atoms with E-state index in [1.54, 1.807) is 0 Å². The van der Waals surface area contributed by atoms with Crippen molar-refractivity contribution in [2.24, 2.45) is 5.92 Å². The molecule has 1 aromatic rings. The topological polar surface area (TPSA) is 25.8 Å². The maximum atomic E-state index is 6.25. The lowest BCUT2D eigenvalue weighted by Gasteiger charge is -2.21. The summed E-state index contributed by atoms with van der Waals surface area (Å²) in [6, 6.07) is 0. The normalized spacial score (nSPS) is 20.4. The molecule has 0 aliphatic carbocycles. The monoisotopic (exact) mass is 396 g/mol. The Balaban J connectivity index is 2.27. The van der Waals surface area contributed by atoms with Crippen LogP contribution >= 0.6 is 46.0 Å². The highest BCUT2D eigenvalue weighted by molar-refractivity contribution is 14.1. The second kappa shape index (κ2) is 6.75. The Morgan fingerprint density at radius 1 is 1.39 bits per heavy atom. The van der Waals surface area contributed by atoms with Crippen LogP contribution in [0.5, 0.6) is 0 Å². The third kappa shape index (κ3) is 3.73. The summed E-state index contributed by atoms with van der Waals surface area (Å²) in [5, 5.41) is 1.07. The fourth-order valence-electron chi connectivity index (χ4n) is 2.09. The van der Waals surface area contributed by atoms with Crippen LogP contribution in [0, 0.1) is 9.49 Å². The lowest BCUT2D eigenvalue weighted by molar-refractivity contribution is 0.616. The predicted octanol–water partition coefficient (Wildman–Crippen LogP) is 4.89. The third-order valence-corrected chi connectivity index (χ3v) is 6.07. The standard InChI is InChI=1S/C13H18ClIN2S/c1-8(2)7-9-11(15)12(14)17-13(16-9)10-5-3-4-6-18-10/h8,10H,3-7H2,1-2H3. The van der Waals surface area contributed by atoms with Gasteiger partial charge in [0.05, 0.1) is 14.5 Å². The van der Waals surface area contributed by atoms with E-state index in [0.29, 0.717) is 16.3 Å². The zero-order chi connectivity index (χ0) is 13.1. The van der Waals surface area contributed by atoms with Gasteiger partial charge in [-0.25, -0.2) is 9.97 Å². The fraction of sp³-hybridized carbons (Fsp3) is 0.692. The van der Waals surface area contributed by atoms with Crippen LogP contribution in [0.15, 0.2) is 0 Å². The highest BCUT2D eigenvalue weighted by atomic mass is 127. The first kappa shape index (κ1) is 14.9. The molecule has 0 bridgehead atoms. The number of aromatic nitrogens is 2. The predicted molar refractivity (Wildman–Crippen MR) is 87.4 cm³/mol.